The Hall–Kier alpha value is -2.40. The van der Waals surface area contributed by atoms with Crippen molar-refractivity contribution in [2.24, 2.45) is 0 Å². The fraction of sp³-hybridized carbons (Fsp3) is 0.400. The molecule has 0 bridgehead atoms. The lowest BCUT2D eigenvalue weighted by molar-refractivity contribution is 0.0950. The molecule has 0 spiro atoms. The number of nitrogens with one attached hydrogen (secondary N) is 2. The predicted molar refractivity (Wildman–Crippen MR) is 100.0 cm³/mol. The van der Waals surface area contributed by atoms with E-state index in [1.807, 2.05) is 38.1 Å². The molecule has 0 saturated carbocycles. The quantitative estimate of drug-likeness (QED) is 0.775. The van der Waals surface area contributed by atoms with Crippen LogP contribution in [-0.2, 0) is 6.61 Å². The first-order chi connectivity index (χ1) is 12.0. The Bertz CT molecular complexity index is 678. The molecule has 25 heavy (non-hydrogen) atoms. The summed E-state index contributed by atoms with van der Waals surface area (Å²) in [7, 11) is 0. The van der Waals surface area contributed by atoms with Gasteiger partial charge in [0.05, 0.1) is 0 Å². The van der Waals surface area contributed by atoms with Gasteiger partial charge < -0.3 is 15.4 Å². The van der Waals surface area contributed by atoms with Crippen LogP contribution < -0.4 is 15.4 Å². The Morgan fingerprint density at radius 3 is 2.60 bits per heavy atom. The van der Waals surface area contributed by atoms with Gasteiger partial charge >= 0.3 is 0 Å². The largest absolute Gasteiger partial charge is 0.488 e. The fourth-order valence-corrected chi connectivity index (χ4v) is 2.72. The van der Waals surface area contributed by atoms with Gasteiger partial charge in [-0.25, -0.2) is 0 Å². The average Bonchev–Trinajstić information content (AvgIpc) is 2.60. The second-order valence-electron chi connectivity index (χ2n) is 6.26. The van der Waals surface area contributed by atoms with Crippen molar-refractivity contribution in [1.29, 1.82) is 0 Å². The summed E-state index contributed by atoms with van der Waals surface area (Å²) in [5.74, 6) is 0.760. The minimum atomic E-state index is -0.0604. The molecule has 0 saturated heterocycles. The molecule has 2 N–H and O–H groups in total. The molecule has 0 aliphatic carbocycles. The molecule has 0 fully saturated rings. The SMILES string of the molecule is CCN[C@H](C)CNC(=O)c1cc(C)c(OCc2cccnc2)c(C)c1. The standard InChI is InChI=1S/C20H27N3O2/c1-5-22-16(4)11-23-20(24)18-9-14(2)19(15(3)10-18)25-13-17-7-6-8-21-12-17/h6-10,12,16,22H,5,11,13H2,1-4H3,(H,23,24)/t16-/m1/s1. The van der Waals surface area contributed by atoms with Crippen LogP contribution in [0.2, 0.25) is 0 Å². The van der Waals surface area contributed by atoms with Gasteiger partial charge in [0.25, 0.3) is 5.91 Å². The van der Waals surface area contributed by atoms with Gasteiger partial charge in [-0.3, -0.25) is 9.78 Å². The highest BCUT2D eigenvalue weighted by molar-refractivity contribution is 5.94. The Morgan fingerprint density at radius 1 is 1.28 bits per heavy atom. The maximum Gasteiger partial charge on any atom is 0.251 e. The number of carbonyl (C=O) groups excluding carboxylic acids is 1. The van der Waals surface area contributed by atoms with Gasteiger partial charge in [0.1, 0.15) is 12.4 Å². The van der Waals surface area contributed by atoms with Crippen LogP contribution in [0.3, 0.4) is 0 Å². The third kappa shape index (κ3) is 5.57. The summed E-state index contributed by atoms with van der Waals surface area (Å²) in [4.78, 5) is 16.4. The molecule has 134 valence electrons. The van der Waals surface area contributed by atoms with Crippen LogP contribution in [0, 0.1) is 13.8 Å². The fourth-order valence-electron chi connectivity index (χ4n) is 2.72. The number of amides is 1. The van der Waals surface area contributed by atoms with Crippen molar-refractivity contribution >= 4 is 5.91 Å². The summed E-state index contributed by atoms with van der Waals surface area (Å²) in [6.45, 7) is 9.97. The summed E-state index contributed by atoms with van der Waals surface area (Å²) >= 11 is 0. The van der Waals surface area contributed by atoms with Gasteiger partial charge in [0, 0.05) is 36.1 Å². The lowest BCUT2D eigenvalue weighted by Gasteiger charge is -2.16. The van der Waals surface area contributed by atoms with Gasteiger partial charge in [0.15, 0.2) is 0 Å². The van der Waals surface area contributed by atoms with Crippen molar-refractivity contribution in [1.82, 2.24) is 15.6 Å². The zero-order valence-electron chi connectivity index (χ0n) is 15.4. The Balaban J connectivity index is 2.02. The first-order valence-electron chi connectivity index (χ1n) is 8.65. The number of carbonyl (C=O) groups is 1. The third-order valence-corrected chi connectivity index (χ3v) is 3.95. The van der Waals surface area contributed by atoms with E-state index < -0.39 is 0 Å². The lowest BCUT2D eigenvalue weighted by atomic mass is 10.0. The van der Waals surface area contributed by atoms with Crippen LogP contribution in [0.5, 0.6) is 5.75 Å². The van der Waals surface area contributed by atoms with Gasteiger partial charge in [-0.05, 0) is 56.6 Å². The highest BCUT2D eigenvalue weighted by Gasteiger charge is 2.12. The Morgan fingerprint density at radius 2 is 2.00 bits per heavy atom. The molecule has 1 aromatic carbocycles. The van der Waals surface area contributed by atoms with E-state index in [4.69, 9.17) is 4.74 Å². The lowest BCUT2D eigenvalue weighted by Crippen LogP contribution is -2.38. The number of ether oxygens (including phenoxy) is 1. The second kappa shape index (κ2) is 9.18. The van der Waals surface area contributed by atoms with Crippen LogP contribution in [0.4, 0.5) is 0 Å². The normalized spacial score (nSPS) is 11.8. The molecular weight excluding hydrogens is 314 g/mol. The van der Waals surface area contributed by atoms with Crippen LogP contribution in [0.15, 0.2) is 36.7 Å². The Kier molecular flexibility index (Phi) is 6.95. The molecule has 0 aliphatic heterocycles. The van der Waals surface area contributed by atoms with E-state index in [0.717, 1.165) is 29.0 Å². The summed E-state index contributed by atoms with van der Waals surface area (Å²) < 4.78 is 5.94. The monoisotopic (exact) mass is 341 g/mol. The van der Waals surface area contributed by atoms with Gasteiger partial charge in [-0.2, -0.15) is 0 Å². The summed E-state index contributed by atoms with van der Waals surface area (Å²) in [6, 6.07) is 7.86. The van der Waals surface area contributed by atoms with Crippen molar-refractivity contribution in [2.45, 2.75) is 40.3 Å². The minimum Gasteiger partial charge on any atom is -0.488 e. The van der Waals surface area contributed by atoms with E-state index in [2.05, 4.69) is 29.5 Å². The van der Waals surface area contributed by atoms with Crippen LogP contribution in [-0.4, -0.2) is 30.0 Å². The topological polar surface area (TPSA) is 63.2 Å². The highest BCUT2D eigenvalue weighted by atomic mass is 16.5. The number of aryl methyl sites for hydroxylation is 2. The maximum atomic E-state index is 12.4. The van der Waals surface area contributed by atoms with Crippen molar-refractivity contribution in [3.8, 4) is 5.75 Å². The molecule has 1 amide bonds. The van der Waals surface area contributed by atoms with E-state index in [1.54, 1.807) is 12.4 Å². The summed E-state index contributed by atoms with van der Waals surface area (Å²) in [5.41, 5.74) is 3.58. The van der Waals surface area contributed by atoms with Crippen LogP contribution in [0.1, 0.15) is 40.9 Å². The van der Waals surface area contributed by atoms with Crippen molar-refractivity contribution < 1.29 is 9.53 Å². The zero-order valence-corrected chi connectivity index (χ0v) is 15.4. The Labute approximate surface area is 149 Å². The van der Waals surface area contributed by atoms with E-state index in [9.17, 15) is 4.79 Å². The molecule has 2 aromatic rings. The maximum absolute atomic E-state index is 12.4. The number of likely N-dealkylation sites (N-methyl/N-ethyl adjacent to an activating group) is 1. The first kappa shape index (κ1) is 18.9. The van der Waals surface area contributed by atoms with Crippen LogP contribution in [0.25, 0.3) is 0 Å². The third-order valence-electron chi connectivity index (χ3n) is 3.95. The van der Waals surface area contributed by atoms with Crippen molar-refractivity contribution in [3.05, 3.63) is 58.9 Å². The highest BCUT2D eigenvalue weighted by Crippen LogP contribution is 2.25. The molecule has 5 nitrogen and oxygen atoms in total. The van der Waals surface area contributed by atoms with Gasteiger partial charge in [-0.15, -0.1) is 0 Å². The van der Waals surface area contributed by atoms with E-state index in [-0.39, 0.29) is 11.9 Å². The van der Waals surface area contributed by atoms with Gasteiger partial charge in [-0.1, -0.05) is 13.0 Å². The molecule has 0 aliphatic rings. The second-order valence-corrected chi connectivity index (χ2v) is 6.26. The molecule has 2 rings (SSSR count). The molecular formula is C20H27N3O2. The summed E-state index contributed by atoms with van der Waals surface area (Å²) in [6.07, 6.45) is 3.53. The predicted octanol–water partition coefficient (Wildman–Crippen LogP) is 3.01. The number of aromatic nitrogens is 1. The molecule has 0 radical (unpaired) electrons. The number of hydrogen-bond donors (Lipinski definition) is 2. The number of pyridine rings is 1. The van der Waals surface area contributed by atoms with Crippen molar-refractivity contribution in [3.63, 3.8) is 0 Å². The van der Waals surface area contributed by atoms with E-state index >= 15 is 0 Å². The molecule has 0 unspecified atom stereocenters. The smallest absolute Gasteiger partial charge is 0.251 e. The van der Waals surface area contributed by atoms with Gasteiger partial charge in [0.2, 0.25) is 0 Å². The summed E-state index contributed by atoms with van der Waals surface area (Å²) in [5, 5.41) is 6.24. The number of benzene rings is 1. The number of rotatable bonds is 8. The number of hydrogen-bond acceptors (Lipinski definition) is 4. The van der Waals surface area contributed by atoms with Crippen LogP contribution >= 0.6 is 0 Å². The first-order valence-corrected chi connectivity index (χ1v) is 8.65. The molecule has 1 atom stereocenters. The molecule has 1 aromatic heterocycles. The molecule has 1 heterocycles. The van der Waals surface area contributed by atoms with E-state index in [1.165, 1.54) is 0 Å². The van der Waals surface area contributed by atoms with E-state index in [0.29, 0.717) is 18.7 Å². The average molecular weight is 341 g/mol. The van der Waals surface area contributed by atoms with Crippen molar-refractivity contribution in [2.75, 3.05) is 13.1 Å². The number of nitrogens with zero attached hydrogens (tertiary/aromatic N) is 1. The minimum absolute atomic E-state index is 0.0604. The zero-order chi connectivity index (χ0) is 18.2. The molecule has 5 heteroatoms.